The summed E-state index contributed by atoms with van der Waals surface area (Å²) in [6, 6.07) is 9.22. The SMILES string of the molecule is CC[N-]C1CC(C)Cc2ccccc21.[W]. The van der Waals surface area contributed by atoms with E-state index in [-0.39, 0.29) is 21.1 Å². The quantitative estimate of drug-likeness (QED) is 0.752. The van der Waals surface area contributed by atoms with Crippen LogP contribution in [0, 0.1) is 5.92 Å². The maximum absolute atomic E-state index is 4.68. The van der Waals surface area contributed by atoms with Gasteiger partial charge in [-0.2, -0.15) is 6.54 Å². The maximum Gasteiger partial charge on any atom is 0 e. The Labute approximate surface area is 107 Å². The molecule has 0 aliphatic heterocycles. The number of hydrogen-bond acceptors (Lipinski definition) is 0. The third-order valence-electron chi connectivity index (χ3n) is 3.01. The Bertz CT molecular complexity index is 311. The molecule has 1 nitrogen and oxygen atoms in total. The van der Waals surface area contributed by atoms with Crippen LogP contribution in [0.5, 0.6) is 0 Å². The molecule has 15 heavy (non-hydrogen) atoms. The van der Waals surface area contributed by atoms with E-state index in [9.17, 15) is 0 Å². The fourth-order valence-corrected chi connectivity index (χ4v) is 2.41. The molecule has 0 radical (unpaired) electrons. The van der Waals surface area contributed by atoms with Gasteiger partial charge in [0.15, 0.2) is 0 Å². The van der Waals surface area contributed by atoms with Crippen LogP contribution in [0.15, 0.2) is 24.3 Å². The molecule has 0 saturated carbocycles. The molecule has 1 aliphatic rings. The zero-order valence-electron chi connectivity index (χ0n) is 9.44. The molecule has 0 fully saturated rings. The van der Waals surface area contributed by atoms with Crippen molar-refractivity contribution in [1.29, 1.82) is 0 Å². The molecule has 2 rings (SSSR count). The van der Waals surface area contributed by atoms with E-state index >= 15 is 0 Å². The molecule has 0 amide bonds. The van der Waals surface area contributed by atoms with Crippen LogP contribution in [-0.2, 0) is 27.5 Å². The number of rotatable bonds is 2. The fraction of sp³-hybridized carbons (Fsp3) is 0.538. The number of benzene rings is 1. The minimum absolute atomic E-state index is 0. The molecule has 82 valence electrons. The van der Waals surface area contributed by atoms with Gasteiger partial charge in [0.05, 0.1) is 0 Å². The molecule has 0 spiro atoms. The van der Waals surface area contributed by atoms with Crippen molar-refractivity contribution < 1.29 is 21.1 Å². The van der Waals surface area contributed by atoms with Gasteiger partial charge in [-0.05, 0) is 17.9 Å². The van der Waals surface area contributed by atoms with E-state index < -0.39 is 0 Å². The van der Waals surface area contributed by atoms with Crippen molar-refractivity contribution in [2.75, 3.05) is 6.54 Å². The van der Waals surface area contributed by atoms with Gasteiger partial charge in [-0.15, -0.1) is 6.04 Å². The first-order valence-corrected chi connectivity index (χ1v) is 5.55. The minimum Gasteiger partial charge on any atom is -0.656 e. The van der Waals surface area contributed by atoms with Gasteiger partial charge in [0.1, 0.15) is 0 Å². The van der Waals surface area contributed by atoms with E-state index in [1.807, 2.05) is 0 Å². The Morgan fingerprint density at radius 1 is 1.33 bits per heavy atom. The van der Waals surface area contributed by atoms with Crippen LogP contribution in [0.1, 0.15) is 37.4 Å². The molecule has 0 bridgehead atoms. The Hall–Kier alpha value is -0.132. The van der Waals surface area contributed by atoms with Gasteiger partial charge in [-0.1, -0.05) is 50.1 Å². The molecule has 0 N–H and O–H groups in total. The largest absolute Gasteiger partial charge is 0.656 e. The van der Waals surface area contributed by atoms with Gasteiger partial charge in [0.25, 0.3) is 0 Å². The Kier molecular flexibility index (Phi) is 5.02. The summed E-state index contributed by atoms with van der Waals surface area (Å²) >= 11 is 0. The standard InChI is InChI=1S/C13H18N.W/c1-3-14-13-9-10(2)8-11-6-4-5-7-12(11)13;/h4-7,10,13H,3,8-9H2,1-2H3;/q-1;. The average molecular weight is 372 g/mol. The molecule has 1 aromatic carbocycles. The molecule has 0 heterocycles. The monoisotopic (exact) mass is 372 g/mol. The maximum atomic E-state index is 4.68. The van der Waals surface area contributed by atoms with Gasteiger partial charge in [0.2, 0.25) is 0 Å². The van der Waals surface area contributed by atoms with E-state index in [2.05, 4.69) is 43.4 Å². The van der Waals surface area contributed by atoms with E-state index in [1.165, 1.54) is 24.0 Å². The molecule has 2 unspecified atom stereocenters. The normalized spacial score (nSPS) is 24.1. The van der Waals surface area contributed by atoms with E-state index in [1.54, 1.807) is 0 Å². The van der Waals surface area contributed by atoms with Gasteiger partial charge in [-0.3, -0.25) is 0 Å². The number of fused-ring (bicyclic) bond motifs is 1. The third kappa shape index (κ3) is 2.92. The smallest absolute Gasteiger partial charge is 0 e. The van der Waals surface area contributed by atoms with Crippen molar-refractivity contribution in [1.82, 2.24) is 0 Å². The zero-order chi connectivity index (χ0) is 9.97. The van der Waals surface area contributed by atoms with Crippen LogP contribution in [0.4, 0.5) is 0 Å². The van der Waals surface area contributed by atoms with Crippen molar-refractivity contribution in [3.05, 3.63) is 40.7 Å². The minimum atomic E-state index is 0. The Morgan fingerprint density at radius 3 is 2.80 bits per heavy atom. The summed E-state index contributed by atoms with van der Waals surface area (Å²) in [7, 11) is 0. The van der Waals surface area contributed by atoms with E-state index in [4.69, 9.17) is 0 Å². The van der Waals surface area contributed by atoms with Gasteiger partial charge in [-0.25, -0.2) is 0 Å². The summed E-state index contributed by atoms with van der Waals surface area (Å²) in [6.07, 6.45) is 2.46. The summed E-state index contributed by atoms with van der Waals surface area (Å²) in [5.41, 5.74) is 2.97. The van der Waals surface area contributed by atoms with E-state index in [0.717, 1.165) is 12.5 Å². The molecular formula is C13H18NW-. The average Bonchev–Trinajstić information content (AvgIpc) is 2.18. The summed E-state index contributed by atoms with van der Waals surface area (Å²) in [4.78, 5) is 0. The van der Waals surface area contributed by atoms with E-state index in [0.29, 0.717) is 6.04 Å². The van der Waals surface area contributed by atoms with Crippen molar-refractivity contribution in [3.8, 4) is 0 Å². The van der Waals surface area contributed by atoms with Gasteiger partial charge < -0.3 is 5.32 Å². The van der Waals surface area contributed by atoms with Crippen LogP contribution in [0.2, 0.25) is 0 Å². The summed E-state index contributed by atoms with van der Waals surface area (Å²) in [5.74, 6) is 0.783. The summed E-state index contributed by atoms with van der Waals surface area (Å²) in [6.45, 7) is 5.39. The fourth-order valence-electron chi connectivity index (χ4n) is 2.41. The molecule has 1 aromatic rings. The second-order valence-corrected chi connectivity index (χ2v) is 4.26. The second kappa shape index (κ2) is 5.82. The zero-order valence-corrected chi connectivity index (χ0v) is 12.4. The molecular weight excluding hydrogens is 354 g/mol. The van der Waals surface area contributed by atoms with Gasteiger partial charge >= 0.3 is 0 Å². The summed E-state index contributed by atoms with van der Waals surface area (Å²) < 4.78 is 0. The van der Waals surface area contributed by atoms with Crippen LogP contribution in [0.3, 0.4) is 0 Å². The first-order chi connectivity index (χ1) is 6.81. The van der Waals surface area contributed by atoms with Crippen LogP contribution >= 0.6 is 0 Å². The van der Waals surface area contributed by atoms with Crippen molar-refractivity contribution in [2.45, 2.75) is 32.7 Å². The number of hydrogen-bond donors (Lipinski definition) is 0. The first-order valence-electron chi connectivity index (χ1n) is 5.55. The third-order valence-corrected chi connectivity index (χ3v) is 3.01. The van der Waals surface area contributed by atoms with Crippen molar-refractivity contribution in [3.63, 3.8) is 0 Å². The summed E-state index contributed by atoms with van der Waals surface area (Å²) in [5, 5.41) is 4.68. The van der Waals surface area contributed by atoms with Crippen LogP contribution < -0.4 is 0 Å². The molecule has 2 atom stereocenters. The molecule has 1 aliphatic carbocycles. The molecule has 2 heteroatoms. The topological polar surface area (TPSA) is 14.1 Å². The first kappa shape index (κ1) is 12.9. The van der Waals surface area contributed by atoms with Crippen LogP contribution in [0.25, 0.3) is 5.32 Å². The predicted octanol–water partition coefficient (Wildman–Crippen LogP) is 3.70. The van der Waals surface area contributed by atoms with Crippen LogP contribution in [-0.4, -0.2) is 6.54 Å². The van der Waals surface area contributed by atoms with Crippen molar-refractivity contribution >= 4 is 0 Å². The van der Waals surface area contributed by atoms with Gasteiger partial charge in [0, 0.05) is 21.1 Å². The second-order valence-electron chi connectivity index (χ2n) is 4.26. The Morgan fingerprint density at radius 2 is 2.07 bits per heavy atom. The molecule has 0 aromatic heterocycles. The molecule has 0 saturated heterocycles. The predicted molar refractivity (Wildman–Crippen MR) is 60.6 cm³/mol. The Balaban J connectivity index is 0.00000112. The number of nitrogens with zero attached hydrogens (tertiary/aromatic N) is 1. The van der Waals surface area contributed by atoms with Crippen molar-refractivity contribution in [2.24, 2.45) is 5.92 Å².